The molecule has 1 aromatic rings. The van der Waals surface area contributed by atoms with E-state index in [0.717, 1.165) is 37.9 Å². The zero-order valence-corrected chi connectivity index (χ0v) is 13.0. The summed E-state index contributed by atoms with van der Waals surface area (Å²) in [5.41, 5.74) is 8.03. The highest BCUT2D eigenvalue weighted by Crippen LogP contribution is 2.22. The highest BCUT2D eigenvalue weighted by atomic mass is 16.2. The number of nitrogen functional groups attached to an aromatic ring is 1. The molecule has 2 aliphatic heterocycles. The number of benzene rings is 1. The number of hydrogen-bond acceptors (Lipinski definition) is 3. The van der Waals surface area contributed by atoms with Crippen LogP contribution in [-0.2, 0) is 11.2 Å². The normalized spacial score (nSPS) is 19.2. The number of nitrogens with zero attached hydrogens (tertiary/aromatic N) is 2. The van der Waals surface area contributed by atoms with E-state index in [0.29, 0.717) is 23.7 Å². The average Bonchev–Trinajstić information content (AvgIpc) is 2.51. The van der Waals surface area contributed by atoms with Gasteiger partial charge in [-0.25, -0.2) is 0 Å². The van der Waals surface area contributed by atoms with Crippen LogP contribution in [0.1, 0.15) is 35.7 Å². The number of likely N-dealkylation sites (tertiary alicyclic amines) is 1. The van der Waals surface area contributed by atoms with Crippen LogP contribution >= 0.6 is 0 Å². The maximum atomic E-state index is 12.5. The first-order chi connectivity index (χ1) is 10.5. The molecular weight excluding hydrogens is 278 g/mol. The number of hydrogen-bond donors (Lipinski definition) is 1. The molecule has 0 spiro atoms. The second-order valence-corrected chi connectivity index (χ2v) is 6.46. The third kappa shape index (κ3) is 2.93. The van der Waals surface area contributed by atoms with Crippen LogP contribution in [0.2, 0.25) is 0 Å². The molecule has 0 bridgehead atoms. The lowest BCUT2D eigenvalue weighted by molar-refractivity contribution is -0.133. The monoisotopic (exact) mass is 301 g/mol. The average molecular weight is 301 g/mol. The molecule has 2 N–H and O–H groups in total. The maximum Gasteiger partial charge on any atom is 0.254 e. The van der Waals surface area contributed by atoms with Crippen LogP contribution in [0.25, 0.3) is 0 Å². The lowest BCUT2D eigenvalue weighted by Gasteiger charge is -2.34. The molecular formula is C17H23N3O2. The predicted molar refractivity (Wildman–Crippen MR) is 85.4 cm³/mol. The lowest BCUT2D eigenvalue weighted by Crippen LogP contribution is -2.47. The van der Waals surface area contributed by atoms with Crippen molar-refractivity contribution in [3.05, 3.63) is 29.3 Å². The Labute approximate surface area is 131 Å². The summed E-state index contributed by atoms with van der Waals surface area (Å²) < 4.78 is 0. The van der Waals surface area contributed by atoms with Gasteiger partial charge in [0, 0.05) is 30.9 Å². The van der Waals surface area contributed by atoms with Gasteiger partial charge in [0.1, 0.15) is 6.54 Å². The lowest BCUT2D eigenvalue weighted by atomic mass is 9.98. The second kappa shape index (κ2) is 5.99. The third-order valence-corrected chi connectivity index (χ3v) is 4.77. The van der Waals surface area contributed by atoms with Gasteiger partial charge in [-0.3, -0.25) is 9.59 Å². The van der Waals surface area contributed by atoms with Crippen LogP contribution in [0, 0.1) is 5.92 Å². The number of fused-ring (bicyclic) bond motifs is 1. The maximum absolute atomic E-state index is 12.5. The molecule has 1 aromatic carbocycles. The van der Waals surface area contributed by atoms with Gasteiger partial charge in [0.05, 0.1) is 0 Å². The topological polar surface area (TPSA) is 66.6 Å². The fraction of sp³-hybridized carbons (Fsp3) is 0.529. The zero-order valence-electron chi connectivity index (χ0n) is 13.0. The van der Waals surface area contributed by atoms with E-state index in [1.54, 1.807) is 11.0 Å². The molecule has 0 saturated carbocycles. The highest BCUT2D eigenvalue weighted by molar-refractivity contribution is 5.99. The molecule has 0 aromatic heterocycles. The highest BCUT2D eigenvalue weighted by Gasteiger charge is 2.28. The minimum absolute atomic E-state index is 0.0626. The Kier molecular flexibility index (Phi) is 4.05. The molecule has 2 heterocycles. The van der Waals surface area contributed by atoms with Crippen molar-refractivity contribution in [2.75, 3.05) is 31.9 Å². The molecule has 1 fully saturated rings. The van der Waals surface area contributed by atoms with Gasteiger partial charge in [0.2, 0.25) is 5.91 Å². The molecule has 2 aliphatic rings. The summed E-state index contributed by atoms with van der Waals surface area (Å²) in [7, 11) is 0. The van der Waals surface area contributed by atoms with Crippen molar-refractivity contribution in [1.82, 2.24) is 9.80 Å². The Hall–Kier alpha value is -2.04. The number of carbonyl (C=O) groups excluding carboxylic acids is 2. The first kappa shape index (κ1) is 14.9. The summed E-state index contributed by atoms with van der Waals surface area (Å²) >= 11 is 0. The molecule has 0 radical (unpaired) electrons. The fourth-order valence-electron chi connectivity index (χ4n) is 3.21. The summed E-state index contributed by atoms with van der Waals surface area (Å²) in [5.74, 6) is 0.676. The molecule has 1 saturated heterocycles. The van der Waals surface area contributed by atoms with Gasteiger partial charge in [-0.15, -0.1) is 0 Å². The van der Waals surface area contributed by atoms with Crippen molar-refractivity contribution >= 4 is 17.5 Å². The van der Waals surface area contributed by atoms with Crippen molar-refractivity contribution in [1.29, 1.82) is 0 Å². The van der Waals surface area contributed by atoms with E-state index in [-0.39, 0.29) is 18.4 Å². The first-order valence-corrected chi connectivity index (χ1v) is 8.00. The molecule has 118 valence electrons. The molecule has 0 atom stereocenters. The summed E-state index contributed by atoms with van der Waals surface area (Å²) in [6.07, 6.45) is 2.89. The van der Waals surface area contributed by atoms with Crippen molar-refractivity contribution in [3.8, 4) is 0 Å². The number of nitrogens with two attached hydrogens (primary N) is 1. The number of anilines is 1. The van der Waals surface area contributed by atoms with E-state index in [4.69, 9.17) is 5.73 Å². The van der Waals surface area contributed by atoms with Gasteiger partial charge in [-0.05, 0) is 42.9 Å². The van der Waals surface area contributed by atoms with Crippen molar-refractivity contribution in [2.45, 2.75) is 26.2 Å². The molecule has 3 rings (SSSR count). The Morgan fingerprint density at radius 3 is 2.73 bits per heavy atom. The van der Waals surface area contributed by atoms with Gasteiger partial charge in [0.15, 0.2) is 0 Å². The standard InChI is InChI=1S/C17H23N3O2/c1-12-4-7-19(8-5-12)16(21)11-20-9-6-13-2-3-14(18)10-15(13)17(20)22/h2-3,10,12H,4-9,11,18H2,1H3. The zero-order chi connectivity index (χ0) is 15.7. The molecule has 5 nitrogen and oxygen atoms in total. The van der Waals surface area contributed by atoms with E-state index < -0.39 is 0 Å². The van der Waals surface area contributed by atoms with Crippen molar-refractivity contribution in [2.24, 2.45) is 5.92 Å². The largest absolute Gasteiger partial charge is 0.399 e. The number of amides is 2. The number of piperidine rings is 1. The van der Waals surface area contributed by atoms with Gasteiger partial charge in [0.25, 0.3) is 5.91 Å². The summed E-state index contributed by atoms with van der Waals surface area (Å²) in [6, 6.07) is 5.45. The minimum Gasteiger partial charge on any atom is -0.399 e. The molecule has 0 unspecified atom stereocenters. The SMILES string of the molecule is CC1CCN(C(=O)CN2CCc3ccc(N)cc3C2=O)CC1. The minimum atomic E-state index is -0.0766. The van der Waals surface area contributed by atoms with E-state index in [1.807, 2.05) is 17.0 Å². The van der Waals surface area contributed by atoms with Gasteiger partial charge < -0.3 is 15.5 Å². The van der Waals surface area contributed by atoms with Crippen LogP contribution in [0.15, 0.2) is 18.2 Å². The summed E-state index contributed by atoms with van der Waals surface area (Å²) in [4.78, 5) is 28.5. The van der Waals surface area contributed by atoms with E-state index >= 15 is 0 Å². The predicted octanol–water partition coefficient (Wildman–Crippen LogP) is 1.53. The van der Waals surface area contributed by atoms with Gasteiger partial charge in [-0.1, -0.05) is 13.0 Å². The molecule has 2 amide bonds. The van der Waals surface area contributed by atoms with E-state index in [9.17, 15) is 9.59 Å². The van der Waals surface area contributed by atoms with Crippen LogP contribution in [0.4, 0.5) is 5.69 Å². The van der Waals surface area contributed by atoms with Crippen LogP contribution in [-0.4, -0.2) is 47.8 Å². The van der Waals surface area contributed by atoms with Gasteiger partial charge >= 0.3 is 0 Å². The number of rotatable bonds is 2. The Bertz CT molecular complexity index is 592. The third-order valence-electron chi connectivity index (χ3n) is 4.77. The molecule has 22 heavy (non-hydrogen) atoms. The Balaban J connectivity index is 1.66. The van der Waals surface area contributed by atoms with Crippen LogP contribution in [0.5, 0.6) is 0 Å². The van der Waals surface area contributed by atoms with Crippen LogP contribution < -0.4 is 5.73 Å². The first-order valence-electron chi connectivity index (χ1n) is 8.00. The van der Waals surface area contributed by atoms with Crippen molar-refractivity contribution < 1.29 is 9.59 Å². The van der Waals surface area contributed by atoms with Gasteiger partial charge in [-0.2, -0.15) is 0 Å². The van der Waals surface area contributed by atoms with E-state index in [2.05, 4.69) is 6.92 Å². The quantitative estimate of drug-likeness (QED) is 0.842. The fourth-order valence-corrected chi connectivity index (χ4v) is 3.21. The summed E-state index contributed by atoms with van der Waals surface area (Å²) in [5, 5.41) is 0. The van der Waals surface area contributed by atoms with Crippen molar-refractivity contribution in [3.63, 3.8) is 0 Å². The Morgan fingerprint density at radius 2 is 2.00 bits per heavy atom. The summed E-state index contributed by atoms with van der Waals surface area (Å²) in [6.45, 7) is 4.63. The molecule has 5 heteroatoms. The number of carbonyl (C=O) groups is 2. The Morgan fingerprint density at radius 1 is 1.27 bits per heavy atom. The second-order valence-electron chi connectivity index (χ2n) is 6.46. The van der Waals surface area contributed by atoms with Crippen LogP contribution in [0.3, 0.4) is 0 Å². The smallest absolute Gasteiger partial charge is 0.254 e. The van der Waals surface area contributed by atoms with E-state index in [1.165, 1.54) is 0 Å². The molecule has 0 aliphatic carbocycles.